The van der Waals surface area contributed by atoms with Crippen molar-refractivity contribution in [3.05, 3.63) is 53.6 Å². The molecule has 0 aliphatic carbocycles. The maximum atomic E-state index is 11.9. The first-order valence-electron chi connectivity index (χ1n) is 10.9. The number of phenolic OH excluding ortho intramolecular Hbond substituents is 1. The molecule has 0 aliphatic heterocycles. The zero-order valence-corrected chi connectivity index (χ0v) is 20.3. The number of esters is 1. The number of aryl methyl sites for hydroxylation is 1. The van der Waals surface area contributed by atoms with E-state index in [1.807, 2.05) is 61.5 Å². The molecule has 0 radical (unpaired) electrons. The van der Waals surface area contributed by atoms with Crippen LogP contribution >= 0.6 is 0 Å². The molecule has 0 saturated heterocycles. The third-order valence-electron chi connectivity index (χ3n) is 3.05. The molecule has 5 nitrogen and oxygen atoms in total. The molecule has 1 aromatic carbocycles. The summed E-state index contributed by atoms with van der Waals surface area (Å²) in [7, 11) is 0. The Balaban J connectivity index is -0.000000236. The Bertz CT molecular complexity index is 538. The molecule has 0 unspecified atom stereocenters. The number of carbonyl (C=O) groups is 2. The number of ether oxygens (including phenoxy) is 1. The van der Waals surface area contributed by atoms with Gasteiger partial charge in [0, 0.05) is 0 Å². The number of allylic oxidation sites excluding steroid dienone is 2. The second kappa shape index (κ2) is 28.8. The third kappa shape index (κ3) is 17.7. The number of aliphatic hydroxyl groups excluding tert-OH is 1. The molecule has 0 saturated carbocycles. The SMILES string of the molecule is C=CCCOC(=O)c1c(CC)cc(O)cc1CO.CC.CC.CC.CC/C=C/C=O. The van der Waals surface area contributed by atoms with E-state index in [4.69, 9.17) is 4.74 Å². The summed E-state index contributed by atoms with van der Waals surface area (Å²) in [4.78, 5) is 21.4. The normalized spacial score (nSPS) is 8.57. The first-order valence-corrected chi connectivity index (χ1v) is 10.9. The summed E-state index contributed by atoms with van der Waals surface area (Å²) in [6.45, 7) is 19.4. The van der Waals surface area contributed by atoms with E-state index in [9.17, 15) is 19.8 Å². The van der Waals surface area contributed by atoms with Crippen LogP contribution in [0.4, 0.5) is 0 Å². The number of hydrogen-bond donors (Lipinski definition) is 2. The highest BCUT2D eigenvalue weighted by Crippen LogP contribution is 2.23. The summed E-state index contributed by atoms with van der Waals surface area (Å²) in [6.07, 6.45) is 7.86. The van der Waals surface area contributed by atoms with Crippen LogP contribution in [0.1, 0.15) is 89.7 Å². The van der Waals surface area contributed by atoms with E-state index < -0.39 is 5.97 Å². The van der Waals surface area contributed by atoms with Gasteiger partial charge in [-0.1, -0.05) is 67.5 Å². The van der Waals surface area contributed by atoms with Gasteiger partial charge in [0.15, 0.2) is 0 Å². The van der Waals surface area contributed by atoms with Gasteiger partial charge in [-0.3, -0.25) is 4.79 Å². The second-order valence-electron chi connectivity index (χ2n) is 4.84. The van der Waals surface area contributed by atoms with Gasteiger partial charge in [0.1, 0.15) is 12.0 Å². The van der Waals surface area contributed by atoms with Crippen molar-refractivity contribution in [2.45, 2.75) is 81.3 Å². The molecule has 0 bridgehead atoms. The predicted octanol–water partition coefficient (Wildman–Crippen LogP) is 6.41. The Morgan fingerprint density at radius 2 is 1.60 bits per heavy atom. The number of benzene rings is 1. The van der Waals surface area contributed by atoms with Crippen molar-refractivity contribution >= 4 is 12.3 Å². The van der Waals surface area contributed by atoms with E-state index in [2.05, 4.69) is 6.58 Å². The number of aldehydes is 1. The van der Waals surface area contributed by atoms with E-state index in [1.54, 1.807) is 6.08 Å². The van der Waals surface area contributed by atoms with Crippen LogP contribution in [0.5, 0.6) is 5.75 Å². The van der Waals surface area contributed by atoms with Crippen LogP contribution in [0.2, 0.25) is 0 Å². The number of aliphatic hydroxyl groups is 1. The Morgan fingerprint density at radius 3 is 1.97 bits per heavy atom. The van der Waals surface area contributed by atoms with Crippen molar-refractivity contribution in [1.29, 1.82) is 0 Å². The molecule has 0 amide bonds. The van der Waals surface area contributed by atoms with E-state index in [-0.39, 0.29) is 19.0 Å². The number of aromatic hydroxyl groups is 1. The van der Waals surface area contributed by atoms with Gasteiger partial charge < -0.3 is 14.9 Å². The fourth-order valence-corrected chi connectivity index (χ4v) is 1.91. The summed E-state index contributed by atoms with van der Waals surface area (Å²) < 4.78 is 5.09. The standard InChI is InChI=1S/C14H18O4.C5H8O.3C2H6/c1-3-5-6-18-14(17)13-10(4-2)7-12(16)8-11(13)9-15;1-2-3-4-5-6;3*1-2/h3,7-8,15-16H,1,4-6,9H2,2H3;3-5H,2H2,1H3;3*1-2H3/b;4-3+;;;. The van der Waals surface area contributed by atoms with Crippen molar-refractivity contribution in [3.63, 3.8) is 0 Å². The molecule has 30 heavy (non-hydrogen) atoms. The number of phenols is 1. The van der Waals surface area contributed by atoms with Gasteiger partial charge in [0.25, 0.3) is 0 Å². The lowest BCUT2D eigenvalue weighted by molar-refractivity contribution is -0.104. The van der Waals surface area contributed by atoms with Crippen LogP contribution in [-0.2, 0) is 22.6 Å². The smallest absolute Gasteiger partial charge is 0.338 e. The maximum absolute atomic E-state index is 11.9. The molecule has 0 atom stereocenters. The van der Waals surface area contributed by atoms with E-state index in [1.165, 1.54) is 18.2 Å². The highest BCUT2D eigenvalue weighted by atomic mass is 16.5. The summed E-state index contributed by atoms with van der Waals surface area (Å²) in [5, 5.41) is 18.7. The maximum Gasteiger partial charge on any atom is 0.338 e. The first kappa shape index (κ1) is 35.1. The van der Waals surface area contributed by atoms with Crippen LogP contribution in [0.15, 0.2) is 36.9 Å². The van der Waals surface area contributed by atoms with Crippen LogP contribution in [0.25, 0.3) is 0 Å². The minimum Gasteiger partial charge on any atom is -0.508 e. The van der Waals surface area contributed by atoms with Crippen molar-refractivity contribution < 1.29 is 24.5 Å². The highest BCUT2D eigenvalue weighted by Gasteiger charge is 2.17. The van der Waals surface area contributed by atoms with Crippen LogP contribution in [-0.4, -0.2) is 29.1 Å². The number of carbonyl (C=O) groups excluding carboxylic acids is 2. The Labute approximate surface area is 184 Å². The van der Waals surface area contributed by atoms with Crippen LogP contribution < -0.4 is 0 Å². The summed E-state index contributed by atoms with van der Waals surface area (Å²) in [6, 6.07) is 2.90. The molecule has 0 spiro atoms. The minimum atomic E-state index is -0.474. The molecule has 174 valence electrons. The molecule has 0 aliphatic rings. The molecule has 0 aromatic heterocycles. The molecule has 2 N–H and O–H groups in total. The Morgan fingerprint density at radius 1 is 1.07 bits per heavy atom. The average Bonchev–Trinajstić information content (AvgIpc) is 2.81. The Kier molecular flexibility index (Phi) is 33.7. The van der Waals surface area contributed by atoms with Crippen LogP contribution in [0, 0.1) is 0 Å². The number of rotatable bonds is 8. The van der Waals surface area contributed by atoms with Gasteiger partial charge in [0.2, 0.25) is 0 Å². The minimum absolute atomic E-state index is 0.0403. The van der Waals surface area contributed by atoms with Gasteiger partial charge >= 0.3 is 5.97 Å². The first-order chi connectivity index (χ1) is 14.5. The van der Waals surface area contributed by atoms with E-state index in [0.717, 1.165) is 12.7 Å². The fourth-order valence-electron chi connectivity index (χ4n) is 1.91. The molecule has 5 heteroatoms. The lowest BCUT2D eigenvalue weighted by Gasteiger charge is -2.12. The lowest BCUT2D eigenvalue weighted by atomic mass is 9.99. The fraction of sp³-hybridized carbons (Fsp3) is 0.520. The van der Waals surface area contributed by atoms with Crippen molar-refractivity contribution in [2.75, 3.05) is 6.61 Å². The van der Waals surface area contributed by atoms with Gasteiger partial charge in [0.05, 0.1) is 18.8 Å². The largest absolute Gasteiger partial charge is 0.508 e. The Hall–Kier alpha value is -2.40. The van der Waals surface area contributed by atoms with Gasteiger partial charge in [-0.2, -0.15) is 0 Å². The highest BCUT2D eigenvalue weighted by molar-refractivity contribution is 5.93. The van der Waals surface area contributed by atoms with Crippen LogP contribution in [0.3, 0.4) is 0 Å². The third-order valence-corrected chi connectivity index (χ3v) is 3.05. The molecular formula is C25H44O5. The monoisotopic (exact) mass is 424 g/mol. The van der Waals surface area contributed by atoms with Crippen molar-refractivity contribution in [2.24, 2.45) is 0 Å². The molecule has 1 aromatic rings. The molecule has 0 fully saturated rings. The van der Waals surface area contributed by atoms with Crippen molar-refractivity contribution in [1.82, 2.24) is 0 Å². The zero-order chi connectivity index (χ0) is 24.4. The van der Waals surface area contributed by atoms with E-state index in [0.29, 0.717) is 29.5 Å². The number of hydrogen-bond acceptors (Lipinski definition) is 5. The lowest BCUT2D eigenvalue weighted by Crippen LogP contribution is -2.12. The summed E-state index contributed by atoms with van der Waals surface area (Å²) >= 11 is 0. The molecular weight excluding hydrogens is 380 g/mol. The van der Waals surface area contributed by atoms with Gasteiger partial charge in [-0.15, -0.1) is 6.58 Å². The second-order valence-corrected chi connectivity index (χ2v) is 4.84. The predicted molar refractivity (Wildman–Crippen MR) is 128 cm³/mol. The zero-order valence-electron chi connectivity index (χ0n) is 20.3. The topological polar surface area (TPSA) is 83.8 Å². The summed E-state index contributed by atoms with van der Waals surface area (Å²) in [5.74, 6) is -0.434. The molecule has 0 heterocycles. The summed E-state index contributed by atoms with van der Waals surface area (Å²) in [5.41, 5.74) is 1.40. The molecule has 1 rings (SSSR count). The quantitative estimate of drug-likeness (QED) is 0.166. The average molecular weight is 425 g/mol. The van der Waals surface area contributed by atoms with Gasteiger partial charge in [-0.05, 0) is 48.6 Å². The van der Waals surface area contributed by atoms with Crippen molar-refractivity contribution in [3.8, 4) is 5.75 Å². The van der Waals surface area contributed by atoms with E-state index >= 15 is 0 Å². The van der Waals surface area contributed by atoms with Gasteiger partial charge in [-0.25, -0.2) is 4.79 Å².